The van der Waals surface area contributed by atoms with Crippen molar-refractivity contribution in [3.8, 4) is 6.01 Å². The summed E-state index contributed by atoms with van der Waals surface area (Å²) >= 11 is 6.33. The van der Waals surface area contributed by atoms with E-state index in [4.69, 9.17) is 79.4 Å². The van der Waals surface area contributed by atoms with Crippen LogP contribution in [0, 0.1) is 0 Å². The Morgan fingerprint density at radius 2 is 0.942 bits per heavy atom. The number of piperazine rings is 2. The number of carbonyl (C=O) groups excluding carboxylic acids is 5. The molecule has 0 saturated carbocycles. The molecular weight excluding hydrogens is 1590 g/mol. The molecule has 562 valence electrons. The molecular formula is C71H107ClCs2N12O17. The van der Waals surface area contributed by atoms with Crippen molar-refractivity contribution < 1.29 is 221 Å². The fourth-order valence-electron chi connectivity index (χ4n) is 12.5. The van der Waals surface area contributed by atoms with Gasteiger partial charge in [-0.1, -0.05) is 60.7 Å². The third kappa shape index (κ3) is 30.9. The van der Waals surface area contributed by atoms with Gasteiger partial charge in [-0.25, -0.2) is 29.1 Å². The minimum atomic E-state index is -0.568. The van der Waals surface area contributed by atoms with Crippen LogP contribution in [0.4, 0.5) is 30.8 Å². The summed E-state index contributed by atoms with van der Waals surface area (Å²) in [5.41, 5.74) is 4.23. The van der Waals surface area contributed by atoms with Crippen molar-refractivity contribution in [2.24, 2.45) is 0 Å². The molecule has 1 N–H and O–H groups in total. The van der Waals surface area contributed by atoms with E-state index < -0.39 is 11.2 Å². The summed E-state index contributed by atoms with van der Waals surface area (Å²) in [4.78, 5) is 97.6. The Balaban J connectivity index is 0.000000343. The number of halogens is 1. The number of aromatic nitrogens is 4. The first-order valence-corrected chi connectivity index (χ1v) is 35.4. The second-order valence-corrected chi connectivity index (χ2v) is 27.8. The van der Waals surface area contributed by atoms with Crippen LogP contribution in [0.15, 0.2) is 60.7 Å². The summed E-state index contributed by atoms with van der Waals surface area (Å²) < 4.78 is 49.1. The van der Waals surface area contributed by atoms with Gasteiger partial charge in [0, 0.05) is 96.3 Å². The Hall–Kier alpha value is -3.38. The monoisotopic (exact) mass is 1700 g/mol. The van der Waals surface area contributed by atoms with Gasteiger partial charge >= 0.3 is 168 Å². The second kappa shape index (κ2) is 46.9. The molecule has 0 unspecified atom stereocenters. The molecule has 0 radical (unpaired) electrons. The quantitative estimate of drug-likeness (QED) is 0.0434. The third-order valence-electron chi connectivity index (χ3n) is 17.1. The first-order valence-electron chi connectivity index (χ1n) is 35.0. The zero-order chi connectivity index (χ0) is 72.9. The standard InChI is InChI=1S/C33H48N6O6.C26H34ClN5O4.C7H15NO2.C4H8O2.CH2O3.2Cs.H/c1-24-20-38(21-25(2)39(24)32(41)45-33(3,4)5)29-27-12-14-37(31(40)44-23-26-10-7-6-8-11-26)22-28(27)34-30(35-29)43-17-9-13-36-15-18-42-19-16-36;1-17-13-31(14-18(2)32(17)25(34)36-26(3,4)5)22-20-11-12-30(15-21(20)28-23(27)29-22)24(33)35-16-19-9-7-6-8-10-19;9-5-1-2-8-3-6-10-7-4-8;1-2-6-4-3-5-1;2-1-4-3;;;/h6-8,10-11,24-25H,9,12-23H2,1-5H3;6-10,17-18H,11-16H2,1-5H3;9H,1-7H2;1-4H2;1,3H;;;/q;;;;;2*+1;-1/p-1/t24-,25+;17-,18+;;;;;;. The number of rotatable bonds is 15. The maximum Gasteiger partial charge on any atom is 1.00 e. The number of morpholine rings is 2. The number of ether oxygens (including phenoxy) is 9. The van der Waals surface area contributed by atoms with Crippen LogP contribution in [0.25, 0.3) is 0 Å². The fourth-order valence-corrected chi connectivity index (χ4v) is 12.6. The van der Waals surface area contributed by atoms with Crippen molar-refractivity contribution >= 4 is 54.1 Å². The molecule has 0 spiro atoms. The number of benzene rings is 2. The molecule has 4 amide bonds. The van der Waals surface area contributed by atoms with Crippen molar-refractivity contribution in [2.75, 3.05) is 154 Å². The van der Waals surface area contributed by atoms with Gasteiger partial charge in [0.25, 0.3) is 6.47 Å². The number of amides is 4. The summed E-state index contributed by atoms with van der Waals surface area (Å²) in [7, 11) is 0. The minimum Gasteiger partial charge on any atom is -1.00 e. The van der Waals surface area contributed by atoms with Crippen LogP contribution in [0.1, 0.15) is 117 Å². The average Bonchev–Trinajstić information content (AvgIpc) is 0.777. The van der Waals surface area contributed by atoms with E-state index in [-0.39, 0.29) is 213 Å². The van der Waals surface area contributed by atoms with Crippen molar-refractivity contribution in [3.63, 3.8) is 0 Å². The van der Waals surface area contributed by atoms with Gasteiger partial charge in [-0.3, -0.25) is 24.4 Å². The van der Waals surface area contributed by atoms with Crippen molar-refractivity contribution in [1.29, 1.82) is 0 Å². The number of nitrogens with zero attached hydrogens (tertiary/aromatic N) is 12. The molecule has 2 aromatic carbocycles. The molecule has 5 saturated heterocycles. The number of aliphatic hydroxyl groups excluding tert-OH is 1. The van der Waals surface area contributed by atoms with Gasteiger partial charge in [0.1, 0.15) is 36.1 Å². The summed E-state index contributed by atoms with van der Waals surface area (Å²) in [6.07, 6.45) is 1.56. The van der Waals surface area contributed by atoms with Gasteiger partial charge in [-0.2, -0.15) is 9.97 Å². The molecule has 2 aromatic heterocycles. The van der Waals surface area contributed by atoms with Crippen LogP contribution < -0.4 is 158 Å². The van der Waals surface area contributed by atoms with E-state index in [9.17, 15) is 19.2 Å². The van der Waals surface area contributed by atoms with Crippen LogP contribution in [-0.2, 0) is 86.7 Å². The largest absolute Gasteiger partial charge is 1.00 e. The predicted molar refractivity (Wildman–Crippen MR) is 375 cm³/mol. The Morgan fingerprint density at radius 3 is 1.32 bits per heavy atom. The van der Waals surface area contributed by atoms with Crippen molar-refractivity contribution in [3.05, 3.63) is 99.6 Å². The Bertz CT molecular complexity index is 3160. The molecule has 7 aliphatic heterocycles. The number of carbonyl (C=O) groups is 5. The summed E-state index contributed by atoms with van der Waals surface area (Å²) in [5.74, 6) is 1.58. The first-order chi connectivity index (χ1) is 48.4. The van der Waals surface area contributed by atoms with Gasteiger partial charge in [-0.15, -0.1) is 0 Å². The number of anilines is 2. The summed E-state index contributed by atoms with van der Waals surface area (Å²) in [6, 6.07) is 19.2. The predicted octanol–water partition coefficient (Wildman–Crippen LogP) is 1.06. The van der Waals surface area contributed by atoms with Crippen LogP contribution in [0.2, 0.25) is 5.28 Å². The number of fused-ring (bicyclic) bond motifs is 2. The molecule has 5 fully saturated rings. The summed E-state index contributed by atoms with van der Waals surface area (Å²) in [5, 5.41) is 17.1. The molecule has 29 nitrogen and oxygen atoms in total. The Labute approximate surface area is 731 Å². The smallest absolute Gasteiger partial charge is 1.00 e. The molecule has 103 heavy (non-hydrogen) atoms. The zero-order valence-corrected chi connectivity index (χ0v) is 75.9. The van der Waals surface area contributed by atoms with E-state index in [1.54, 1.807) is 14.7 Å². The SMILES string of the molecule is C1COCCO1.C[C@@H]1CN(c2nc(Cl)nc3c2CCN(C(=O)OCc2ccccc2)C3)C[C@H](C)N1C(=O)OC(C)(C)C.C[C@@H]1CN(c2nc(OCCCN3CCOCC3)nc3c2CCN(C(=O)OCc2ccccc2)C3)C[C@H](C)N1C(=O)OC(C)(C)C.O=CO[O-].OCCCN1CCOCC1.[Cs+].[Cs+].[H-]. The fraction of sp³-hybridized carbons (Fsp3) is 0.648. The van der Waals surface area contributed by atoms with E-state index in [0.29, 0.717) is 84.4 Å². The van der Waals surface area contributed by atoms with Gasteiger partial charge in [0.05, 0.1) is 108 Å². The van der Waals surface area contributed by atoms with E-state index in [1.807, 2.05) is 135 Å². The maximum absolute atomic E-state index is 13.1. The van der Waals surface area contributed by atoms with Crippen molar-refractivity contribution in [1.82, 2.24) is 49.3 Å². The zero-order valence-electron chi connectivity index (χ0n) is 63.6. The average molecular weight is 1700 g/mol. The van der Waals surface area contributed by atoms with E-state index in [1.165, 1.54) is 0 Å². The first kappa shape index (κ1) is 90.2. The third-order valence-corrected chi connectivity index (χ3v) is 17.3. The number of hydrogen-bond acceptors (Lipinski definition) is 25. The van der Waals surface area contributed by atoms with Crippen LogP contribution >= 0.6 is 11.6 Å². The van der Waals surface area contributed by atoms with Gasteiger partial charge in [0.15, 0.2) is 0 Å². The molecule has 4 aromatic rings. The number of hydrogen-bond donors (Lipinski definition) is 1. The molecule has 11 rings (SSSR count). The molecule has 32 heteroatoms. The normalized spacial score (nSPS) is 19.8. The summed E-state index contributed by atoms with van der Waals surface area (Å²) in [6.45, 7) is 36.5. The van der Waals surface area contributed by atoms with Crippen molar-refractivity contribution in [2.45, 2.75) is 157 Å². The topological polar surface area (TPSA) is 298 Å². The molecule has 7 aliphatic rings. The molecule has 0 bridgehead atoms. The maximum atomic E-state index is 13.1. The van der Waals surface area contributed by atoms with E-state index in [0.717, 1.165) is 150 Å². The van der Waals surface area contributed by atoms with E-state index in [2.05, 4.69) is 34.5 Å². The Morgan fingerprint density at radius 1 is 0.563 bits per heavy atom. The van der Waals surface area contributed by atoms with Gasteiger partial charge in [0.2, 0.25) is 5.28 Å². The van der Waals surface area contributed by atoms with Gasteiger partial charge in [-0.05, 0) is 118 Å². The van der Waals surface area contributed by atoms with Gasteiger partial charge < -0.3 is 78.9 Å². The van der Waals surface area contributed by atoms with Crippen LogP contribution in [0.3, 0.4) is 0 Å². The molecule has 4 atom stereocenters. The van der Waals surface area contributed by atoms with E-state index >= 15 is 0 Å². The molecule has 9 heterocycles. The number of aliphatic hydroxyl groups is 1. The van der Waals surface area contributed by atoms with Crippen LogP contribution in [0.5, 0.6) is 6.01 Å². The molecule has 0 aliphatic carbocycles. The second-order valence-electron chi connectivity index (χ2n) is 27.5. The minimum absolute atomic E-state index is 0. The Kier molecular flexibility index (Phi) is 41.1. The van der Waals surface area contributed by atoms with Crippen LogP contribution in [-0.4, -0.2) is 265 Å².